The molecular weight excluding hydrogens is 512 g/mol. The molecule has 3 aromatic heterocycles. The van der Waals surface area contributed by atoms with E-state index in [2.05, 4.69) is 32.5 Å². The number of urea groups is 1. The van der Waals surface area contributed by atoms with Crippen molar-refractivity contribution in [2.24, 2.45) is 0 Å². The van der Waals surface area contributed by atoms with Gasteiger partial charge < -0.3 is 16.0 Å². The molecule has 4 amide bonds. The zero-order valence-corrected chi connectivity index (χ0v) is 21.8. The largest absolute Gasteiger partial charge is 0.350 e. The third-order valence-corrected chi connectivity index (χ3v) is 8.16. The van der Waals surface area contributed by atoms with Crippen molar-refractivity contribution in [3.63, 3.8) is 0 Å². The van der Waals surface area contributed by atoms with Crippen molar-refractivity contribution < 1.29 is 14.4 Å². The van der Waals surface area contributed by atoms with Crippen LogP contribution >= 0.6 is 11.3 Å². The molecule has 1 fully saturated rings. The summed E-state index contributed by atoms with van der Waals surface area (Å²) in [4.78, 5) is 50.3. The van der Waals surface area contributed by atoms with E-state index in [1.165, 1.54) is 17.4 Å². The molecule has 1 aliphatic carbocycles. The molecule has 0 bridgehead atoms. The van der Waals surface area contributed by atoms with Crippen LogP contribution in [-0.4, -0.2) is 39.9 Å². The van der Waals surface area contributed by atoms with Crippen LogP contribution in [-0.2, 0) is 4.79 Å². The van der Waals surface area contributed by atoms with E-state index in [4.69, 9.17) is 0 Å². The lowest BCUT2D eigenvalue weighted by atomic mass is 9.91. The normalized spacial score (nSPS) is 18.4. The van der Waals surface area contributed by atoms with E-state index in [9.17, 15) is 14.4 Å². The number of carbonyl (C=O) groups excluding carboxylic acids is 3. The smallest absolute Gasteiger partial charge is 0.331 e. The van der Waals surface area contributed by atoms with Gasteiger partial charge in [-0.3, -0.25) is 19.5 Å². The van der Waals surface area contributed by atoms with Crippen molar-refractivity contribution in [1.29, 1.82) is 0 Å². The molecule has 196 valence electrons. The predicted octanol–water partition coefficient (Wildman–Crippen LogP) is 5.39. The van der Waals surface area contributed by atoms with Gasteiger partial charge in [0.05, 0.1) is 28.1 Å². The lowest BCUT2D eigenvalue weighted by molar-refractivity contribution is -0.117. The van der Waals surface area contributed by atoms with Crippen molar-refractivity contribution in [2.75, 3.05) is 10.2 Å². The molecular formula is C29H26N6O3S. The first-order valence-corrected chi connectivity index (χ1v) is 13.6. The van der Waals surface area contributed by atoms with Crippen LogP contribution in [0.1, 0.15) is 35.4 Å². The molecule has 2 atom stereocenters. The number of hydrogen-bond acceptors (Lipinski definition) is 6. The molecule has 2 aliphatic rings. The number of nitrogens with one attached hydrogen (secondary N) is 3. The summed E-state index contributed by atoms with van der Waals surface area (Å²) in [5.41, 5.74) is 3.48. The first-order chi connectivity index (χ1) is 19.0. The SMILES string of the molecule is C=CC(=O)NC1CCC[C@@H](NC(=O)c2sc3nccc4c3c2NC(=O)N4c2ccnc(-c3ccccc3)c2)C1. The number of hydrogen-bond donors (Lipinski definition) is 3. The lowest BCUT2D eigenvalue weighted by Gasteiger charge is -2.30. The molecule has 3 N–H and O–H groups in total. The lowest BCUT2D eigenvalue weighted by Crippen LogP contribution is -2.45. The molecule has 6 rings (SSSR count). The molecule has 0 saturated heterocycles. The fraction of sp³-hybridized carbons (Fsp3) is 0.207. The first-order valence-electron chi connectivity index (χ1n) is 12.8. The standard InChI is InChI=1S/C29H26N6O3S/c1-2-23(36)32-18-9-6-10-19(15-18)33-27(37)26-25-24-22(12-14-31-28(24)39-26)35(29(38)34-25)20-11-13-30-21(16-20)17-7-4-3-5-8-17/h2-5,7-8,11-14,16,18-19H,1,6,9-10,15H2,(H,32,36)(H,33,37)(H,34,38)/t18?,19-/m1/s1. The Morgan fingerprint density at radius 3 is 2.62 bits per heavy atom. The fourth-order valence-electron chi connectivity index (χ4n) is 5.29. The van der Waals surface area contributed by atoms with Crippen LogP contribution in [0.5, 0.6) is 0 Å². The van der Waals surface area contributed by atoms with Crippen LogP contribution in [0, 0.1) is 0 Å². The molecule has 4 heterocycles. The third-order valence-electron chi connectivity index (χ3n) is 7.06. The highest BCUT2D eigenvalue weighted by Crippen LogP contribution is 2.46. The summed E-state index contributed by atoms with van der Waals surface area (Å²) in [6, 6.07) is 14.7. The summed E-state index contributed by atoms with van der Waals surface area (Å²) in [6.07, 6.45) is 7.80. The first kappa shape index (κ1) is 24.7. The van der Waals surface area contributed by atoms with Gasteiger partial charge in [0.1, 0.15) is 9.71 Å². The summed E-state index contributed by atoms with van der Waals surface area (Å²) in [6.45, 7) is 3.51. The molecule has 1 aromatic carbocycles. The summed E-state index contributed by atoms with van der Waals surface area (Å²) in [5.74, 6) is -0.472. The van der Waals surface area contributed by atoms with Gasteiger partial charge in [-0.05, 0) is 50.0 Å². The van der Waals surface area contributed by atoms with Gasteiger partial charge in [0.2, 0.25) is 5.91 Å². The van der Waals surface area contributed by atoms with Crippen LogP contribution < -0.4 is 20.9 Å². The number of anilines is 3. The Hall–Kier alpha value is -4.57. The molecule has 10 heteroatoms. The minimum Gasteiger partial charge on any atom is -0.350 e. The van der Waals surface area contributed by atoms with Gasteiger partial charge in [0, 0.05) is 30.0 Å². The molecule has 9 nitrogen and oxygen atoms in total. The maximum atomic E-state index is 13.5. The molecule has 1 aliphatic heterocycles. The minimum atomic E-state index is -0.363. The third kappa shape index (κ3) is 4.74. The highest BCUT2D eigenvalue weighted by atomic mass is 32.1. The maximum absolute atomic E-state index is 13.5. The van der Waals surface area contributed by atoms with Crippen molar-refractivity contribution >= 4 is 56.5 Å². The number of aromatic nitrogens is 2. The van der Waals surface area contributed by atoms with E-state index in [0.717, 1.165) is 35.9 Å². The Morgan fingerprint density at radius 2 is 1.82 bits per heavy atom. The van der Waals surface area contributed by atoms with Crippen molar-refractivity contribution in [3.8, 4) is 11.3 Å². The quantitative estimate of drug-likeness (QED) is 0.285. The predicted molar refractivity (Wildman–Crippen MR) is 152 cm³/mol. The average Bonchev–Trinajstić information content (AvgIpc) is 3.33. The molecule has 4 aromatic rings. The van der Waals surface area contributed by atoms with Crippen LogP contribution in [0.3, 0.4) is 0 Å². The van der Waals surface area contributed by atoms with E-state index in [0.29, 0.717) is 33.2 Å². The Morgan fingerprint density at radius 1 is 1.05 bits per heavy atom. The second kappa shape index (κ2) is 10.3. The Bertz CT molecular complexity index is 1600. The van der Waals surface area contributed by atoms with Crippen molar-refractivity contribution in [2.45, 2.75) is 37.8 Å². The van der Waals surface area contributed by atoms with Crippen molar-refractivity contribution in [1.82, 2.24) is 20.6 Å². The van der Waals surface area contributed by atoms with E-state index in [1.54, 1.807) is 29.4 Å². The van der Waals surface area contributed by atoms with E-state index in [-0.39, 0.29) is 29.9 Å². The van der Waals surface area contributed by atoms with Gasteiger partial charge in [-0.1, -0.05) is 36.9 Å². The number of thiophene rings is 1. The van der Waals surface area contributed by atoms with Gasteiger partial charge in [-0.15, -0.1) is 11.3 Å². The van der Waals surface area contributed by atoms with Crippen LogP contribution in [0.4, 0.5) is 21.9 Å². The number of carbonyl (C=O) groups is 3. The van der Waals surface area contributed by atoms with Gasteiger partial charge in [-0.2, -0.15) is 0 Å². The fourth-order valence-corrected chi connectivity index (χ4v) is 6.31. The molecule has 39 heavy (non-hydrogen) atoms. The van der Waals surface area contributed by atoms with Crippen LogP contribution in [0.25, 0.3) is 21.5 Å². The molecule has 1 unspecified atom stereocenters. The van der Waals surface area contributed by atoms with Crippen LogP contribution in [0.2, 0.25) is 0 Å². The van der Waals surface area contributed by atoms with E-state index < -0.39 is 0 Å². The zero-order chi connectivity index (χ0) is 26.9. The molecule has 1 saturated carbocycles. The number of pyridine rings is 2. The Kier molecular flexibility index (Phi) is 6.54. The highest BCUT2D eigenvalue weighted by Gasteiger charge is 2.34. The number of amides is 4. The van der Waals surface area contributed by atoms with Gasteiger partial charge in [0.15, 0.2) is 0 Å². The summed E-state index contributed by atoms with van der Waals surface area (Å²) >= 11 is 1.25. The van der Waals surface area contributed by atoms with E-state index >= 15 is 0 Å². The topological polar surface area (TPSA) is 116 Å². The monoisotopic (exact) mass is 538 g/mol. The van der Waals surface area contributed by atoms with Crippen molar-refractivity contribution in [3.05, 3.63) is 78.5 Å². The van der Waals surface area contributed by atoms with Gasteiger partial charge in [0.25, 0.3) is 5.91 Å². The Balaban J connectivity index is 1.30. The maximum Gasteiger partial charge on any atom is 0.331 e. The minimum absolute atomic E-state index is 0.0158. The molecule has 0 radical (unpaired) electrons. The second-order valence-electron chi connectivity index (χ2n) is 9.59. The van der Waals surface area contributed by atoms with E-state index in [1.807, 2.05) is 36.4 Å². The number of benzene rings is 1. The van der Waals surface area contributed by atoms with Gasteiger partial charge in [-0.25, -0.2) is 9.78 Å². The van der Waals surface area contributed by atoms with Gasteiger partial charge >= 0.3 is 6.03 Å². The number of rotatable bonds is 6. The summed E-state index contributed by atoms with van der Waals surface area (Å²) < 4.78 is 0. The number of nitrogens with zero attached hydrogens (tertiary/aromatic N) is 3. The van der Waals surface area contributed by atoms with Crippen LogP contribution in [0.15, 0.2) is 73.6 Å². The summed E-state index contributed by atoms with van der Waals surface area (Å²) in [5, 5.41) is 9.72. The highest BCUT2D eigenvalue weighted by molar-refractivity contribution is 7.21. The Labute approximate surface area is 229 Å². The average molecular weight is 539 g/mol. The second-order valence-corrected chi connectivity index (χ2v) is 10.6. The summed E-state index contributed by atoms with van der Waals surface area (Å²) in [7, 11) is 0. The zero-order valence-electron chi connectivity index (χ0n) is 21.0. The molecule has 0 spiro atoms.